The molecule has 2 aromatic rings. The minimum atomic E-state index is 0.385. The van der Waals surface area contributed by atoms with Crippen LogP contribution in [0.15, 0.2) is 21.2 Å². The first-order valence-corrected chi connectivity index (χ1v) is 4.35. The van der Waals surface area contributed by atoms with Crippen LogP contribution in [-0.2, 0) is 0 Å². The van der Waals surface area contributed by atoms with Crippen molar-refractivity contribution in [3.8, 4) is 11.6 Å². The highest BCUT2D eigenvalue weighted by atomic mass is 79.9. The Kier molecular flexibility index (Phi) is 2.05. The van der Waals surface area contributed by atoms with Crippen LogP contribution in [0.2, 0.25) is 0 Å². The van der Waals surface area contributed by atoms with E-state index in [-0.39, 0.29) is 0 Å². The Hall–Kier alpha value is -1.30. The van der Waals surface area contributed by atoms with Crippen molar-refractivity contribution < 1.29 is 4.42 Å². The van der Waals surface area contributed by atoms with Crippen LogP contribution in [0.3, 0.4) is 0 Å². The third-order valence-electron chi connectivity index (χ3n) is 1.37. The third kappa shape index (κ3) is 1.72. The highest BCUT2D eigenvalue weighted by Crippen LogP contribution is 2.20. The van der Waals surface area contributed by atoms with Crippen molar-refractivity contribution >= 4 is 15.9 Å². The van der Waals surface area contributed by atoms with Gasteiger partial charge >= 0.3 is 0 Å². The van der Waals surface area contributed by atoms with Crippen LogP contribution in [-0.4, -0.2) is 20.4 Å². The maximum absolute atomic E-state index is 5.22. The summed E-state index contributed by atoms with van der Waals surface area (Å²) in [4.78, 5) is 0. The maximum Gasteiger partial charge on any atom is 0.238 e. The molecule has 0 N–H and O–H groups in total. The number of hydrogen-bond acceptors (Lipinski definition) is 5. The van der Waals surface area contributed by atoms with Crippen molar-refractivity contribution in [1.29, 1.82) is 0 Å². The monoisotopic (exact) mass is 240 g/mol. The summed E-state index contributed by atoms with van der Waals surface area (Å²) in [6, 6.07) is 3.51. The van der Waals surface area contributed by atoms with Crippen LogP contribution in [0.1, 0.15) is 5.82 Å². The van der Waals surface area contributed by atoms with Gasteiger partial charge in [0.25, 0.3) is 0 Å². The fourth-order valence-corrected chi connectivity index (χ4v) is 1.12. The van der Waals surface area contributed by atoms with Gasteiger partial charge in [-0.15, -0.1) is 20.4 Å². The lowest BCUT2D eigenvalue weighted by Crippen LogP contribution is -1.97. The molecule has 0 aliphatic carbocycles. The SMILES string of the molecule is Cc1nnc(-c2ccc(Br)o2)nn1. The minimum absolute atomic E-state index is 0.385. The van der Waals surface area contributed by atoms with Gasteiger partial charge in [0, 0.05) is 0 Å². The summed E-state index contributed by atoms with van der Waals surface area (Å²) in [5, 5.41) is 15.2. The zero-order chi connectivity index (χ0) is 9.26. The van der Waals surface area contributed by atoms with Gasteiger partial charge in [-0.25, -0.2) is 0 Å². The van der Waals surface area contributed by atoms with Crippen molar-refractivity contribution in [2.24, 2.45) is 0 Å². The molecule has 13 heavy (non-hydrogen) atoms. The molecule has 2 heterocycles. The molecule has 66 valence electrons. The van der Waals surface area contributed by atoms with E-state index in [0.717, 1.165) is 0 Å². The number of aryl methyl sites for hydroxylation is 1. The fraction of sp³-hybridized carbons (Fsp3) is 0.143. The summed E-state index contributed by atoms with van der Waals surface area (Å²) in [7, 11) is 0. The van der Waals surface area contributed by atoms with Gasteiger partial charge in [0.05, 0.1) is 0 Å². The van der Waals surface area contributed by atoms with Gasteiger partial charge < -0.3 is 4.42 Å². The van der Waals surface area contributed by atoms with Crippen LogP contribution < -0.4 is 0 Å². The normalized spacial score (nSPS) is 10.3. The second kappa shape index (κ2) is 3.21. The van der Waals surface area contributed by atoms with E-state index in [1.807, 2.05) is 0 Å². The number of aromatic nitrogens is 4. The highest BCUT2D eigenvalue weighted by Gasteiger charge is 2.06. The zero-order valence-electron chi connectivity index (χ0n) is 6.73. The minimum Gasteiger partial charge on any atom is -0.446 e. The summed E-state index contributed by atoms with van der Waals surface area (Å²) < 4.78 is 5.85. The molecule has 0 radical (unpaired) electrons. The van der Waals surface area contributed by atoms with Crippen molar-refractivity contribution in [3.05, 3.63) is 22.6 Å². The molecule has 0 saturated carbocycles. The smallest absolute Gasteiger partial charge is 0.238 e. The lowest BCUT2D eigenvalue weighted by molar-refractivity contribution is 0.547. The maximum atomic E-state index is 5.22. The van der Waals surface area contributed by atoms with Crippen LogP contribution in [0.4, 0.5) is 0 Å². The highest BCUT2D eigenvalue weighted by molar-refractivity contribution is 9.10. The average molecular weight is 241 g/mol. The third-order valence-corrected chi connectivity index (χ3v) is 1.80. The van der Waals surface area contributed by atoms with Gasteiger partial charge in [-0.05, 0) is 35.0 Å². The van der Waals surface area contributed by atoms with Crippen LogP contribution in [0.5, 0.6) is 0 Å². The molecule has 0 aliphatic rings. The van der Waals surface area contributed by atoms with E-state index in [9.17, 15) is 0 Å². The van der Waals surface area contributed by atoms with Gasteiger partial charge in [0.2, 0.25) is 5.82 Å². The number of hydrogen-bond donors (Lipinski definition) is 0. The van der Waals surface area contributed by atoms with Crippen molar-refractivity contribution in [3.63, 3.8) is 0 Å². The molecule has 2 aromatic heterocycles. The Labute approximate surface area is 82.3 Å². The molecule has 6 heteroatoms. The quantitative estimate of drug-likeness (QED) is 0.758. The summed E-state index contributed by atoms with van der Waals surface area (Å²) in [5.41, 5.74) is 0. The number of nitrogens with zero attached hydrogens (tertiary/aromatic N) is 4. The Morgan fingerprint density at radius 1 is 1.15 bits per heavy atom. The van der Waals surface area contributed by atoms with Crippen LogP contribution in [0, 0.1) is 6.92 Å². The molecule has 0 saturated heterocycles. The summed E-state index contributed by atoms with van der Waals surface area (Å²) in [6.45, 7) is 1.72. The fourth-order valence-electron chi connectivity index (χ4n) is 0.812. The molecule has 0 unspecified atom stereocenters. The molecule has 0 atom stereocenters. The molecule has 0 aliphatic heterocycles. The molecule has 0 spiro atoms. The molecule has 2 rings (SSSR count). The first-order chi connectivity index (χ1) is 6.25. The zero-order valence-corrected chi connectivity index (χ0v) is 8.32. The molecule has 5 nitrogen and oxygen atoms in total. The van der Waals surface area contributed by atoms with Crippen molar-refractivity contribution in [2.45, 2.75) is 6.92 Å². The van der Waals surface area contributed by atoms with E-state index >= 15 is 0 Å². The summed E-state index contributed by atoms with van der Waals surface area (Å²) >= 11 is 3.18. The standard InChI is InChI=1S/C7H5BrN4O/c1-4-9-11-7(12-10-4)5-2-3-6(8)13-5/h2-3H,1H3. The number of rotatable bonds is 1. The molecule has 0 bridgehead atoms. The first-order valence-electron chi connectivity index (χ1n) is 3.55. The van der Waals surface area contributed by atoms with E-state index in [1.54, 1.807) is 19.1 Å². The molecule has 0 aromatic carbocycles. The molecule has 0 amide bonds. The molecular weight excluding hydrogens is 236 g/mol. The van der Waals surface area contributed by atoms with Crippen molar-refractivity contribution in [2.75, 3.05) is 0 Å². The van der Waals surface area contributed by atoms with Gasteiger partial charge in [-0.2, -0.15) is 0 Å². The summed E-state index contributed by atoms with van der Waals surface area (Å²) in [6.07, 6.45) is 0. The van der Waals surface area contributed by atoms with Crippen molar-refractivity contribution in [1.82, 2.24) is 20.4 Å². The second-order valence-corrected chi connectivity index (χ2v) is 3.16. The number of halogens is 1. The van der Waals surface area contributed by atoms with Crippen LogP contribution >= 0.6 is 15.9 Å². The predicted octanol–water partition coefficient (Wildman–Crippen LogP) is 1.60. The topological polar surface area (TPSA) is 64.7 Å². The van der Waals surface area contributed by atoms with Gasteiger partial charge in [0.15, 0.2) is 16.3 Å². The van der Waals surface area contributed by atoms with E-state index in [1.165, 1.54) is 0 Å². The van der Waals surface area contributed by atoms with Gasteiger partial charge in [-0.3, -0.25) is 0 Å². The largest absolute Gasteiger partial charge is 0.446 e. The lowest BCUT2D eigenvalue weighted by Gasteiger charge is -1.91. The average Bonchev–Trinajstić information content (AvgIpc) is 2.53. The Morgan fingerprint density at radius 2 is 1.85 bits per heavy atom. The van der Waals surface area contributed by atoms with Gasteiger partial charge in [0.1, 0.15) is 0 Å². The van der Waals surface area contributed by atoms with E-state index < -0.39 is 0 Å². The predicted molar refractivity (Wildman–Crippen MR) is 47.8 cm³/mol. The molecule has 0 fully saturated rings. The van der Waals surface area contributed by atoms with Crippen LogP contribution in [0.25, 0.3) is 11.6 Å². The Morgan fingerprint density at radius 3 is 2.38 bits per heavy atom. The Balaban J connectivity index is 2.41. The van der Waals surface area contributed by atoms with E-state index in [0.29, 0.717) is 22.1 Å². The lowest BCUT2D eigenvalue weighted by atomic mass is 10.4. The second-order valence-electron chi connectivity index (χ2n) is 2.37. The van der Waals surface area contributed by atoms with Gasteiger partial charge in [-0.1, -0.05) is 0 Å². The summed E-state index contributed by atoms with van der Waals surface area (Å²) in [5.74, 6) is 1.47. The Bertz CT molecular complexity index is 411. The number of furan rings is 1. The first kappa shape index (κ1) is 8.31. The molecular formula is C7H5BrN4O. The van der Waals surface area contributed by atoms with E-state index in [2.05, 4.69) is 36.3 Å². The van der Waals surface area contributed by atoms with E-state index in [4.69, 9.17) is 4.42 Å².